The van der Waals surface area contributed by atoms with Gasteiger partial charge in [-0.25, -0.2) is 0 Å². The van der Waals surface area contributed by atoms with Gasteiger partial charge in [0.1, 0.15) is 5.75 Å². The SMILES string of the molecule is Cc1cc(C)c(O)c(C)n1.O=S(=O)(O)O. The van der Waals surface area contributed by atoms with E-state index in [0.29, 0.717) is 11.4 Å². The third-order valence-corrected chi connectivity index (χ3v) is 1.49. The van der Waals surface area contributed by atoms with Crippen molar-refractivity contribution in [2.45, 2.75) is 20.8 Å². The second-order valence-corrected chi connectivity index (χ2v) is 3.86. The van der Waals surface area contributed by atoms with E-state index in [4.69, 9.17) is 17.5 Å². The number of rotatable bonds is 0. The van der Waals surface area contributed by atoms with Crippen molar-refractivity contribution in [1.82, 2.24) is 4.98 Å². The first-order valence-corrected chi connectivity index (χ1v) is 5.34. The minimum Gasteiger partial charge on any atom is -0.506 e. The van der Waals surface area contributed by atoms with Crippen molar-refractivity contribution in [3.05, 3.63) is 23.0 Å². The number of aromatic hydroxyl groups is 1. The molecule has 86 valence electrons. The van der Waals surface area contributed by atoms with Crippen molar-refractivity contribution < 1.29 is 22.6 Å². The van der Waals surface area contributed by atoms with Gasteiger partial charge in [-0.2, -0.15) is 8.42 Å². The second kappa shape index (κ2) is 5.06. The Morgan fingerprint density at radius 1 is 1.20 bits per heavy atom. The Labute approximate surface area is 88.2 Å². The monoisotopic (exact) mass is 235 g/mol. The van der Waals surface area contributed by atoms with E-state index in [-0.39, 0.29) is 0 Å². The molecule has 0 aromatic carbocycles. The molecule has 1 heterocycles. The molecular weight excluding hydrogens is 222 g/mol. The molecular formula is C8H13NO5S. The summed E-state index contributed by atoms with van der Waals surface area (Å²) in [5.74, 6) is 0.311. The summed E-state index contributed by atoms with van der Waals surface area (Å²) in [6, 6.07) is 1.86. The van der Waals surface area contributed by atoms with Gasteiger partial charge in [-0.3, -0.25) is 14.1 Å². The maximum Gasteiger partial charge on any atom is 0.394 e. The molecule has 0 unspecified atom stereocenters. The molecule has 0 spiro atoms. The topological polar surface area (TPSA) is 108 Å². The van der Waals surface area contributed by atoms with Crippen molar-refractivity contribution in [2.75, 3.05) is 0 Å². The van der Waals surface area contributed by atoms with E-state index in [2.05, 4.69) is 4.98 Å². The van der Waals surface area contributed by atoms with Crippen LogP contribution in [-0.4, -0.2) is 27.6 Å². The van der Waals surface area contributed by atoms with Crippen molar-refractivity contribution in [1.29, 1.82) is 0 Å². The molecule has 0 aliphatic carbocycles. The van der Waals surface area contributed by atoms with Gasteiger partial charge in [-0.15, -0.1) is 0 Å². The summed E-state index contributed by atoms with van der Waals surface area (Å²) < 4.78 is 31.6. The molecule has 7 heteroatoms. The Morgan fingerprint density at radius 2 is 1.60 bits per heavy atom. The summed E-state index contributed by atoms with van der Waals surface area (Å²) in [6.45, 7) is 5.59. The predicted molar refractivity (Wildman–Crippen MR) is 54.3 cm³/mol. The van der Waals surface area contributed by atoms with Crippen LogP contribution in [-0.2, 0) is 10.4 Å². The lowest BCUT2D eigenvalue weighted by Gasteiger charge is -2.02. The molecule has 0 fully saturated rings. The van der Waals surface area contributed by atoms with Crippen LogP contribution in [0.25, 0.3) is 0 Å². The average Bonchev–Trinajstić information content (AvgIpc) is 1.96. The first-order valence-electron chi connectivity index (χ1n) is 3.95. The zero-order chi connectivity index (χ0) is 12.2. The Morgan fingerprint density at radius 3 is 1.93 bits per heavy atom. The maximum atomic E-state index is 9.27. The lowest BCUT2D eigenvalue weighted by atomic mass is 10.2. The van der Waals surface area contributed by atoms with Crippen molar-refractivity contribution >= 4 is 10.4 Å². The van der Waals surface area contributed by atoms with Crippen LogP contribution in [0, 0.1) is 20.8 Å². The van der Waals surface area contributed by atoms with Crippen molar-refractivity contribution in [3.8, 4) is 5.75 Å². The van der Waals surface area contributed by atoms with E-state index in [0.717, 1.165) is 11.3 Å². The van der Waals surface area contributed by atoms with Crippen LogP contribution in [0.2, 0.25) is 0 Å². The van der Waals surface area contributed by atoms with Crippen LogP contribution in [0.3, 0.4) is 0 Å². The van der Waals surface area contributed by atoms with Crippen LogP contribution in [0.4, 0.5) is 0 Å². The quantitative estimate of drug-likeness (QED) is 0.580. The fourth-order valence-corrected chi connectivity index (χ4v) is 1.02. The summed E-state index contributed by atoms with van der Waals surface area (Å²) in [5, 5.41) is 9.27. The van der Waals surface area contributed by atoms with Crippen LogP contribution >= 0.6 is 0 Å². The molecule has 0 aliphatic rings. The number of hydrogen-bond donors (Lipinski definition) is 3. The molecule has 0 saturated carbocycles. The molecule has 0 aliphatic heterocycles. The lowest BCUT2D eigenvalue weighted by Crippen LogP contribution is -1.89. The molecule has 0 radical (unpaired) electrons. The van der Waals surface area contributed by atoms with Gasteiger partial charge < -0.3 is 5.11 Å². The van der Waals surface area contributed by atoms with E-state index in [1.54, 1.807) is 6.92 Å². The molecule has 1 aromatic rings. The highest BCUT2D eigenvalue weighted by Gasteiger charge is 2.00. The standard InChI is InChI=1S/C8H11NO.H2O4S/c1-5-4-6(2)9-7(3)8(5)10;1-5(2,3)4/h4,10H,1-3H3;(H2,1,2,3,4). The fraction of sp³-hybridized carbons (Fsp3) is 0.375. The molecule has 3 N–H and O–H groups in total. The Hall–Kier alpha value is -1.18. The zero-order valence-electron chi connectivity index (χ0n) is 8.59. The number of nitrogens with zero attached hydrogens (tertiary/aromatic N) is 1. The normalized spacial score (nSPS) is 10.5. The Kier molecular flexibility index (Phi) is 4.66. The zero-order valence-corrected chi connectivity index (χ0v) is 9.41. The minimum absolute atomic E-state index is 0.311. The van der Waals surface area contributed by atoms with Gasteiger partial charge in [0.15, 0.2) is 0 Å². The second-order valence-electron chi connectivity index (χ2n) is 2.96. The summed E-state index contributed by atoms with van der Waals surface area (Å²) in [6.07, 6.45) is 0. The highest BCUT2D eigenvalue weighted by atomic mass is 32.3. The maximum absolute atomic E-state index is 9.27. The van der Waals surface area contributed by atoms with Gasteiger partial charge in [-0.05, 0) is 32.4 Å². The highest BCUT2D eigenvalue weighted by molar-refractivity contribution is 7.79. The van der Waals surface area contributed by atoms with Gasteiger partial charge in [0.05, 0.1) is 5.69 Å². The largest absolute Gasteiger partial charge is 0.506 e. The number of aromatic nitrogens is 1. The summed E-state index contributed by atoms with van der Waals surface area (Å²) in [5.41, 5.74) is 2.55. The average molecular weight is 235 g/mol. The van der Waals surface area contributed by atoms with E-state index >= 15 is 0 Å². The van der Waals surface area contributed by atoms with Gasteiger partial charge >= 0.3 is 10.4 Å². The molecule has 0 saturated heterocycles. The number of hydrogen-bond acceptors (Lipinski definition) is 4. The summed E-state index contributed by atoms with van der Waals surface area (Å²) in [7, 11) is -4.67. The fourth-order valence-electron chi connectivity index (χ4n) is 1.02. The van der Waals surface area contributed by atoms with Crippen LogP contribution in [0.15, 0.2) is 6.07 Å². The molecule has 0 atom stereocenters. The number of pyridine rings is 1. The van der Waals surface area contributed by atoms with Gasteiger partial charge in [0, 0.05) is 5.69 Å². The Balaban J connectivity index is 0.000000336. The first kappa shape index (κ1) is 13.8. The van der Waals surface area contributed by atoms with Gasteiger partial charge in [0.2, 0.25) is 0 Å². The molecule has 15 heavy (non-hydrogen) atoms. The highest BCUT2D eigenvalue weighted by Crippen LogP contribution is 2.18. The molecule has 6 nitrogen and oxygen atoms in total. The Bertz CT molecular complexity index is 409. The van der Waals surface area contributed by atoms with E-state index < -0.39 is 10.4 Å². The minimum atomic E-state index is -4.67. The smallest absolute Gasteiger partial charge is 0.394 e. The third-order valence-electron chi connectivity index (χ3n) is 1.49. The van der Waals surface area contributed by atoms with Crippen LogP contribution < -0.4 is 0 Å². The lowest BCUT2D eigenvalue weighted by molar-refractivity contribution is 0.381. The van der Waals surface area contributed by atoms with Gasteiger partial charge in [0.25, 0.3) is 0 Å². The molecule has 1 rings (SSSR count). The predicted octanol–water partition coefficient (Wildman–Crippen LogP) is 1.06. The van der Waals surface area contributed by atoms with Crippen LogP contribution in [0.5, 0.6) is 5.75 Å². The molecule has 0 bridgehead atoms. The van der Waals surface area contributed by atoms with Crippen molar-refractivity contribution in [2.24, 2.45) is 0 Å². The summed E-state index contributed by atoms with van der Waals surface area (Å²) >= 11 is 0. The van der Waals surface area contributed by atoms with Crippen molar-refractivity contribution in [3.63, 3.8) is 0 Å². The summed E-state index contributed by atoms with van der Waals surface area (Å²) in [4.78, 5) is 4.08. The van der Waals surface area contributed by atoms with E-state index in [1.165, 1.54) is 0 Å². The van der Waals surface area contributed by atoms with Gasteiger partial charge in [-0.1, -0.05) is 0 Å². The van der Waals surface area contributed by atoms with E-state index in [9.17, 15) is 5.11 Å². The van der Waals surface area contributed by atoms with Crippen LogP contribution in [0.1, 0.15) is 17.0 Å². The van der Waals surface area contributed by atoms with E-state index in [1.807, 2.05) is 19.9 Å². The number of aryl methyl sites for hydroxylation is 3. The first-order chi connectivity index (χ1) is 6.61. The third kappa shape index (κ3) is 6.83. The molecule has 0 amide bonds. The molecule has 1 aromatic heterocycles.